The molecule has 0 amide bonds. The normalized spacial score (nSPS) is 28.1. The van der Waals surface area contributed by atoms with Gasteiger partial charge in [0, 0.05) is 10.0 Å². The van der Waals surface area contributed by atoms with E-state index in [4.69, 9.17) is 5.11 Å². The van der Waals surface area contributed by atoms with Crippen molar-refractivity contribution in [3.8, 4) is 0 Å². The van der Waals surface area contributed by atoms with Gasteiger partial charge in [0.25, 0.3) is 0 Å². The highest BCUT2D eigenvalue weighted by Crippen LogP contribution is 2.40. The van der Waals surface area contributed by atoms with Crippen LogP contribution >= 0.6 is 27.7 Å². The van der Waals surface area contributed by atoms with E-state index in [1.54, 1.807) is 12.1 Å². The monoisotopic (exact) mass is 333 g/mol. The Bertz CT molecular complexity index is 485. The molecule has 1 aromatic rings. The highest BCUT2D eigenvalue weighted by molar-refractivity contribution is 9.10. The second kappa shape index (κ2) is 5.19. The standard InChI is InChI=1S/C12H13BrFNO2S/c1-12(8-6-7(13)2-3-9(8)14)15-10(11(16)17)4-5-18-12/h2-3,6,10,15H,4-5H2,1H3,(H,16,17). The first-order valence-electron chi connectivity index (χ1n) is 5.52. The third-order valence-corrected chi connectivity index (χ3v) is 4.84. The summed E-state index contributed by atoms with van der Waals surface area (Å²) in [6.07, 6.45) is 0.547. The molecule has 0 radical (unpaired) electrons. The Hall–Kier alpha value is -0.590. The number of hydrogen-bond donors (Lipinski definition) is 2. The Balaban J connectivity index is 2.35. The van der Waals surface area contributed by atoms with E-state index in [9.17, 15) is 9.18 Å². The van der Waals surface area contributed by atoms with Gasteiger partial charge in [-0.2, -0.15) is 0 Å². The summed E-state index contributed by atoms with van der Waals surface area (Å²) in [7, 11) is 0. The predicted molar refractivity (Wildman–Crippen MR) is 73.1 cm³/mol. The lowest BCUT2D eigenvalue weighted by molar-refractivity contribution is -0.140. The van der Waals surface area contributed by atoms with Crippen molar-refractivity contribution in [2.75, 3.05) is 5.75 Å². The summed E-state index contributed by atoms with van der Waals surface area (Å²) in [5.74, 6) is -0.532. The van der Waals surface area contributed by atoms with E-state index in [0.717, 1.165) is 4.47 Å². The van der Waals surface area contributed by atoms with Crippen LogP contribution in [0, 0.1) is 5.82 Å². The SMILES string of the molecule is CC1(c2cc(Br)ccc2F)NC(C(=O)O)CCS1. The third kappa shape index (κ3) is 2.70. The molecule has 2 unspecified atom stereocenters. The lowest BCUT2D eigenvalue weighted by Crippen LogP contribution is -2.51. The Kier molecular flexibility index (Phi) is 3.99. The number of benzene rings is 1. The van der Waals surface area contributed by atoms with Crippen LogP contribution in [0.15, 0.2) is 22.7 Å². The zero-order chi connectivity index (χ0) is 13.3. The van der Waals surface area contributed by atoms with Crippen LogP contribution in [-0.4, -0.2) is 22.9 Å². The first-order chi connectivity index (χ1) is 8.42. The lowest BCUT2D eigenvalue weighted by atomic mass is 10.0. The van der Waals surface area contributed by atoms with Crippen molar-refractivity contribution < 1.29 is 14.3 Å². The summed E-state index contributed by atoms with van der Waals surface area (Å²) in [4.78, 5) is 10.3. The fourth-order valence-electron chi connectivity index (χ4n) is 2.03. The second-order valence-electron chi connectivity index (χ2n) is 4.33. The lowest BCUT2D eigenvalue weighted by Gasteiger charge is -2.38. The van der Waals surface area contributed by atoms with Gasteiger partial charge in [0.15, 0.2) is 0 Å². The summed E-state index contributed by atoms with van der Waals surface area (Å²) in [6.45, 7) is 1.82. The van der Waals surface area contributed by atoms with Crippen molar-refractivity contribution >= 4 is 33.7 Å². The first-order valence-corrected chi connectivity index (χ1v) is 7.30. The number of thioether (sulfide) groups is 1. The summed E-state index contributed by atoms with van der Waals surface area (Å²) in [6, 6.07) is 4.08. The number of hydrogen-bond acceptors (Lipinski definition) is 3. The molecule has 1 saturated heterocycles. The molecule has 1 heterocycles. The largest absolute Gasteiger partial charge is 0.480 e. The van der Waals surface area contributed by atoms with Crippen LogP contribution in [0.5, 0.6) is 0 Å². The van der Waals surface area contributed by atoms with E-state index in [1.807, 2.05) is 6.92 Å². The summed E-state index contributed by atoms with van der Waals surface area (Å²) < 4.78 is 14.7. The molecule has 1 aliphatic heterocycles. The van der Waals surface area contributed by atoms with Crippen LogP contribution in [0.2, 0.25) is 0 Å². The van der Waals surface area contributed by atoms with Crippen molar-refractivity contribution in [3.63, 3.8) is 0 Å². The second-order valence-corrected chi connectivity index (χ2v) is 6.76. The minimum Gasteiger partial charge on any atom is -0.480 e. The molecule has 0 bridgehead atoms. The molecule has 1 fully saturated rings. The molecule has 0 aliphatic carbocycles. The Morgan fingerprint density at radius 2 is 2.39 bits per heavy atom. The van der Waals surface area contributed by atoms with Gasteiger partial charge in [-0.25, -0.2) is 4.39 Å². The smallest absolute Gasteiger partial charge is 0.320 e. The van der Waals surface area contributed by atoms with Gasteiger partial charge in [0.1, 0.15) is 11.9 Å². The Morgan fingerprint density at radius 3 is 3.06 bits per heavy atom. The van der Waals surface area contributed by atoms with Gasteiger partial charge < -0.3 is 5.11 Å². The number of aliphatic carboxylic acids is 1. The first kappa shape index (κ1) is 13.8. The maximum atomic E-state index is 13.9. The predicted octanol–water partition coefficient (Wildman–Crippen LogP) is 2.94. The van der Waals surface area contributed by atoms with Crippen molar-refractivity contribution in [1.82, 2.24) is 5.32 Å². The molecule has 3 nitrogen and oxygen atoms in total. The van der Waals surface area contributed by atoms with Gasteiger partial charge >= 0.3 is 5.97 Å². The topological polar surface area (TPSA) is 49.3 Å². The van der Waals surface area contributed by atoms with Crippen LogP contribution in [0.3, 0.4) is 0 Å². The quantitative estimate of drug-likeness (QED) is 0.873. The van der Waals surface area contributed by atoms with Crippen LogP contribution in [0.25, 0.3) is 0 Å². The van der Waals surface area contributed by atoms with Gasteiger partial charge in [0.05, 0.1) is 4.87 Å². The van der Waals surface area contributed by atoms with Crippen LogP contribution in [0.1, 0.15) is 18.9 Å². The molecule has 2 rings (SSSR count). The average Bonchev–Trinajstić information content (AvgIpc) is 2.32. The van der Waals surface area contributed by atoms with E-state index in [0.29, 0.717) is 17.7 Å². The number of nitrogens with one attached hydrogen (secondary N) is 1. The molecular weight excluding hydrogens is 321 g/mol. The molecule has 0 spiro atoms. The molecule has 2 atom stereocenters. The van der Waals surface area contributed by atoms with Crippen LogP contribution in [0.4, 0.5) is 4.39 Å². The molecule has 1 aliphatic rings. The van der Waals surface area contributed by atoms with Crippen molar-refractivity contribution in [2.45, 2.75) is 24.3 Å². The van der Waals surface area contributed by atoms with Gasteiger partial charge in [-0.15, -0.1) is 11.8 Å². The Labute approximate surface area is 117 Å². The number of carboxylic acid groups (broad SMARTS) is 1. The van der Waals surface area contributed by atoms with Gasteiger partial charge in [-0.05, 0) is 37.3 Å². The van der Waals surface area contributed by atoms with Crippen molar-refractivity contribution in [1.29, 1.82) is 0 Å². The fraction of sp³-hybridized carbons (Fsp3) is 0.417. The molecular formula is C12H13BrFNO2S. The van der Waals surface area contributed by atoms with E-state index in [1.165, 1.54) is 17.8 Å². The van der Waals surface area contributed by atoms with Gasteiger partial charge in [0.2, 0.25) is 0 Å². The molecule has 98 valence electrons. The highest BCUT2D eigenvalue weighted by Gasteiger charge is 2.38. The zero-order valence-corrected chi connectivity index (χ0v) is 12.1. The molecule has 0 aromatic heterocycles. The third-order valence-electron chi connectivity index (χ3n) is 2.99. The number of carboxylic acids is 1. The average molecular weight is 334 g/mol. The minimum absolute atomic E-state index is 0.327. The molecule has 18 heavy (non-hydrogen) atoms. The number of rotatable bonds is 2. The van der Waals surface area contributed by atoms with E-state index < -0.39 is 16.9 Å². The van der Waals surface area contributed by atoms with Gasteiger partial charge in [-0.3, -0.25) is 10.1 Å². The van der Waals surface area contributed by atoms with Crippen molar-refractivity contribution in [3.05, 3.63) is 34.1 Å². The van der Waals surface area contributed by atoms with Gasteiger partial charge in [-0.1, -0.05) is 15.9 Å². The molecule has 6 heteroatoms. The highest BCUT2D eigenvalue weighted by atomic mass is 79.9. The van der Waals surface area contributed by atoms with E-state index in [-0.39, 0.29) is 5.82 Å². The van der Waals surface area contributed by atoms with Crippen molar-refractivity contribution in [2.24, 2.45) is 0 Å². The molecule has 0 saturated carbocycles. The minimum atomic E-state index is -0.892. The summed E-state index contributed by atoms with van der Waals surface area (Å²) >= 11 is 4.84. The number of halogens is 2. The van der Waals surface area contributed by atoms with E-state index in [2.05, 4.69) is 21.2 Å². The Morgan fingerprint density at radius 1 is 1.67 bits per heavy atom. The summed E-state index contributed by atoms with van der Waals surface area (Å²) in [5, 5.41) is 12.1. The van der Waals surface area contributed by atoms with Crippen LogP contribution in [-0.2, 0) is 9.67 Å². The van der Waals surface area contributed by atoms with Crippen LogP contribution < -0.4 is 5.32 Å². The molecule has 2 N–H and O–H groups in total. The number of carbonyl (C=O) groups is 1. The zero-order valence-electron chi connectivity index (χ0n) is 9.74. The maximum Gasteiger partial charge on any atom is 0.320 e. The fourth-order valence-corrected chi connectivity index (χ4v) is 3.69. The molecule has 1 aromatic carbocycles. The summed E-state index contributed by atoms with van der Waals surface area (Å²) in [5.41, 5.74) is 0.479. The van der Waals surface area contributed by atoms with E-state index >= 15 is 0 Å². The maximum absolute atomic E-state index is 13.9.